The molecule has 2 fully saturated rings. The van der Waals surface area contributed by atoms with Gasteiger partial charge in [-0.3, -0.25) is 14.5 Å². The second-order valence-electron chi connectivity index (χ2n) is 6.95. The van der Waals surface area contributed by atoms with E-state index in [0.717, 1.165) is 38.9 Å². The molecule has 0 aromatic carbocycles. The lowest BCUT2D eigenvalue weighted by molar-refractivity contribution is -0.143. The van der Waals surface area contributed by atoms with Gasteiger partial charge < -0.3 is 14.2 Å². The third-order valence-electron chi connectivity index (χ3n) is 5.23. The minimum absolute atomic E-state index is 0.00667. The molecule has 0 N–H and O–H groups in total. The zero-order chi connectivity index (χ0) is 16.4. The Hall–Kier alpha value is -1.82. The summed E-state index contributed by atoms with van der Waals surface area (Å²) in [6.07, 6.45) is 6.12. The van der Waals surface area contributed by atoms with Crippen LogP contribution in [0.15, 0.2) is 23.0 Å². The molecular weight excluding hydrogens is 294 g/mol. The van der Waals surface area contributed by atoms with Crippen LogP contribution in [0.25, 0.3) is 0 Å². The van der Waals surface area contributed by atoms with Crippen LogP contribution in [0.4, 0.5) is 0 Å². The van der Waals surface area contributed by atoms with Gasteiger partial charge in [0.1, 0.15) is 0 Å². The van der Waals surface area contributed by atoms with Crippen molar-refractivity contribution in [2.75, 3.05) is 40.3 Å². The van der Waals surface area contributed by atoms with Gasteiger partial charge in [-0.2, -0.15) is 0 Å². The molecule has 0 atom stereocenters. The molecule has 1 aromatic heterocycles. The highest BCUT2D eigenvalue weighted by molar-refractivity contribution is 5.89. The van der Waals surface area contributed by atoms with Gasteiger partial charge in [-0.15, -0.1) is 0 Å². The van der Waals surface area contributed by atoms with Crippen LogP contribution < -0.4 is 0 Å². The van der Waals surface area contributed by atoms with Gasteiger partial charge in [0.25, 0.3) is 0 Å². The van der Waals surface area contributed by atoms with E-state index in [1.807, 2.05) is 6.07 Å². The fraction of sp³-hybridized carbons (Fsp3) is 0.647. The van der Waals surface area contributed by atoms with Crippen LogP contribution in [-0.4, -0.2) is 66.8 Å². The highest BCUT2D eigenvalue weighted by atomic mass is 16.3. The summed E-state index contributed by atoms with van der Waals surface area (Å²) in [5, 5.41) is 0. The lowest BCUT2D eigenvalue weighted by Gasteiger charge is -2.37. The van der Waals surface area contributed by atoms with Crippen LogP contribution in [0.2, 0.25) is 0 Å². The number of amides is 2. The highest BCUT2D eigenvalue weighted by Gasteiger charge is 2.48. The number of hydrogen-bond acceptors (Lipinski definition) is 4. The van der Waals surface area contributed by atoms with E-state index in [4.69, 9.17) is 4.42 Å². The third-order valence-corrected chi connectivity index (χ3v) is 5.23. The lowest BCUT2D eigenvalue weighted by atomic mass is 9.77. The summed E-state index contributed by atoms with van der Waals surface area (Å²) in [5.41, 5.74) is 0.941. The van der Waals surface area contributed by atoms with E-state index in [9.17, 15) is 9.59 Å². The maximum Gasteiger partial charge on any atom is 0.241 e. The molecule has 2 aliphatic heterocycles. The fourth-order valence-corrected chi connectivity index (χ4v) is 3.59. The lowest BCUT2D eigenvalue weighted by Crippen LogP contribution is -2.46. The van der Waals surface area contributed by atoms with Gasteiger partial charge in [-0.1, -0.05) is 0 Å². The molecule has 0 unspecified atom stereocenters. The molecule has 1 aromatic rings. The van der Waals surface area contributed by atoms with Crippen molar-refractivity contribution in [3.63, 3.8) is 0 Å². The number of likely N-dealkylation sites (N-methyl/N-ethyl adjacent to an activating group) is 1. The van der Waals surface area contributed by atoms with Gasteiger partial charge in [-0.05, 0) is 38.4 Å². The standard InChI is InChI=1S/C17H25N3O3/c1-18(2)15(21)12-20-9-6-17(16(20)22)4-7-19(8-5-17)11-14-3-10-23-13-14/h3,10,13H,4-9,11-12H2,1-2H3. The van der Waals surface area contributed by atoms with E-state index in [0.29, 0.717) is 6.54 Å². The normalized spacial score (nSPS) is 21.1. The molecule has 2 amide bonds. The Morgan fingerprint density at radius 1 is 1.26 bits per heavy atom. The number of furan rings is 1. The van der Waals surface area contributed by atoms with Gasteiger partial charge in [0.15, 0.2) is 0 Å². The molecule has 0 saturated carbocycles. The van der Waals surface area contributed by atoms with Crippen LogP contribution in [-0.2, 0) is 16.1 Å². The summed E-state index contributed by atoms with van der Waals surface area (Å²) in [6.45, 7) is 3.65. The SMILES string of the molecule is CN(C)C(=O)CN1CCC2(CCN(Cc3ccoc3)CC2)C1=O. The number of piperidine rings is 1. The van der Waals surface area contributed by atoms with Gasteiger partial charge in [0.2, 0.25) is 11.8 Å². The van der Waals surface area contributed by atoms with E-state index in [1.165, 1.54) is 5.56 Å². The highest BCUT2D eigenvalue weighted by Crippen LogP contribution is 2.41. The number of carbonyl (C=O) groups excluding carboxylic acids is 2. The molecule has 126 valence electrons. The van der Waals surface area contributed by atoms with Crippen LogP contribution in [0, 0.1) is 5.41 Å². The summed E-state index contributed by atoms with van der Waals surface area (Å²) >= 11 is 0. The molecule has 2 aliphatic rings. The Labute approximate surface area is 137 Å². The van der Waals surface area contributed by atoms with Crippen molar-refractivity contribution in [1.29, 1.82) is 0 Å². The van der Waals surface area contributed by atoms with Crippen molar-refractivity contribution >= 4 is 11.8 Å². The van der Waals surface area contributed by atoms with E-state index >= 15 is 0 Å². The average molecular weight is 319 g/mol. The third kappa shape index (κ3) is 3.27. The zero-order valence-corrected chi connectivity index (χ0v) is 14.0. The Balaban J connectivity index is 1.55. The summed E-state index contributed by atoms with van der Waals surface area (Å²) in [4.78, 5) is 30.3. The number of carbonyl (C=O) groups is 2. The molecule has 0 aliphatic carbocycles. The first-order valence-corrected chi connectivity index (χ1v) is 8.23. The van der Waals surface area contributed by atoms with Gasteiger partial charge in [0.05, 0.1) is 24.5 Å². The summed E-state index contributed by atoms with van der Waals surface area (Å²) < 4.78 is 5.11. The van der Waals surface area contributed by atoms with Crippen LogP contribution >= 0.6 is 0 Å². The monoisotopic (exact) mass is 319 g/mol. The van der Waals surface area contributed by atoms with Crippen molar-refractivity contribution in [2.24, 2.45) is 5.41 Å². The Morgan fingerprint density at radius 3 is 2.57 bits per heavy atom. The first-order chi connectivity index (χ1) is 11.0. The fourth-order valence-electron chi connectivity index (χ4n) is 3.59. The van der Waals surface area contributed by atoms with Crippen molar-refractivity contribution in [2.45, 2.75) is 25.8 Å². The predicted molar refractivity (Wildman–Crippen MR) is 85.5 cm³/mol. The molecule has 0 radical (unpaired) electrons. The number of nitrogens with zero attached hydrogens (tertiary/aromatic N) is 3. The topological polar surface area (TPSA) is 57.0 Å². The first-order valence-electron chi connectivity index (χ1n) is 8.23. The summed E-state index contributed by atoms with van der Waals surface area (Å²) in [5.74, 6) is 0.170. The van der Waals surface area contributed by atoms with E-state index in [2.05, 4.69) is 4.90 Å². The molecule has 3 rings (SSSR count). The van der Waals surface area contributed by atoms with Crippen molar-refractivity contribution in [1.82, 2.24) is 14.7 Å². The molecule has 1 spiro atoms. The molecule has 6 heteroatoms. The van der Waals surface area contributed by atoms with E-state index in [-0.39, 0.29) is 23.8 Å². The second kappa shape index (κ2) is 6.35. The van der Waals surface area contributed by atoms with Crippen molar-refractivity contribution in [3.8, 4) is 0 Å². The van der Waals surface area contributed by atoms with E-state index in [1.54, 1.807) is 36.4 Å². The van der Waals surface area contributed by atoms with Gasteiger partial charge in [0, 0.05) is 32.7 Å². The first kappa shape index (κ1) is 16.1. The van der Waals surface area contributed by atoms with Gasteiger partial charge >= 0.3 is 0 Å². The van der Waals surface area contributed by atoms with Crippen molar-refractivity contribution < 1.29 is 14.0 Å². The second-order valence-corrected chi connectivity index (χ2v) is 6.95. The number of likely N-dealkylation sites (tertiary alicyclic amines) is 2. The van der Waals surface area contributed by atoms with E-state index < -0.39 is 0 Å². The summed E-state index contributed by atoms with van der Waals surface area (Å²) in [6, 6.07) is 1.99. The average Bonchev–Trinajstić information content (AvgIpc) is 3.14. The minimum Gasteiger partial charge on any atom is -0.472 e. The van der Waals surface area contributed by atoms with Crippen LogP contribution in [0.3, 0.4) is 0 Å². The molecule has 6 nitrogen and oxygen atoms in total. The van der Waals surface area contributed by atoms with Crippen molar-refractivity contribution in [3.05, 3.63) is 24.2 Å². The Kier molecular flexibility index (Phi) is 4.43. The molecule has 3 heterocycles. The largest absolute Gasteiger partial charge is 0.472 e. The quantitative estimate of drug-likeness (QED) is 0.836. The maximum absolute atomic E-state index is 12.8. The zero-order valence-electron chi connectivity index (χ0n) is 14.0. The predicted octanol–water partition coefficient (Wildman–Crippen LogP) is 1.18. The molecule has 23 heavy (non-hydrogen) atoms. The van der Waals surface area contributed by atoms with Crippen LogP contribution in [0.1, 0.15) is 24.8 Å². The maximum atomic E-state index is 12.8. The number of rotatable bonds is 4. The summed E-state index contributed by atoms with van der Waals surface area (Å²) in [7, 11) is 3.46. The Morgan fingerprint density at radius 2 is 1.96 bits per heavy atom. The molecular formula is C17H25N3O3. The molecule has 0 bridgehead atoms. The smallest absolute Gasteiger partial charge is 0.241 e. The Bertz CT molecular complexity index is 560. The number of hydrogen-bond donors (Lipinski definition) is 0. The minimum atomic E-state index is -0.237. The molecule has 2 saturated heterocycles. The van der Waals surface area contributed by atoms with Gasteiger partial charge in [-0.25, -0.2) is 0 Å². The van der Waals surface area contributed by atoms with Crippen LogP contribution in [0.5, 0.6) is 0 Å².